The minimum absolute atomic E-state index is 0.00634. The molecule has 0 saturated heterocycles. The van der Waals surface area contributed by atoms with Crippen molar-refractivity contribution in [3.63, 3.8) is 0 Å². The zero-order valence-electron chi connectivity index (χ0n) is 7.80. The van der Waals surface area contributed by atoms with E-state index < -0.39 is 0 Å². The molecule has 2 aromatic rings. The van der Waals surface area contributed by atoms with E-state index in [9.17, 15) is 0 Å². The van der Waals surface area contributed by atoms with Gasteiger partial charge in [0.05, 0.1) is 17.9 Å². The summed E-state index contributed by atoms with van der Waals surface area (Å²) in [5.41, 5.74) is 6.80. The van der Waals surface area contributed by atoms with Crippen molar-refractivity contribution >= 4 is 11.3 Å². The van der Waals surface area contributed by atoms with Crippen LogP contribution in [0.4, 0.5) is 0 Å². The van der Waals surface area contributed by atoms with Gasteiger partial charge in [-0.1, -0.05) is 18.3 Å². The highest BCUT2D eigenvalue weighted by Crippen LogP contribution is 2.26. The summed E-state index contributed by atoms with van der Waals surface area (Å²) in [7, 11) is 0. The summed E-state index contributed by atoms with van der Waals surface area (Å²) in [4.78, 5) is 0. The van der Waals surface area contributed by atoms with Crippen LogP contribution in [0, 0.1) is 0 Å². The van der Waals surface area contributed by atoms with E-state index in [0.29, 0.717) is 0 Å². The summed E-state index contributed by atoms with van der Waals surface area (Å²) in [5.74, 6) is 0. The van der Waals surface area contributed by atoms with Crippen molar-refractivity contribution < 1.29 is 4.42 Å². The average Bonchev–Trinajstić information content (AvgIpc) is 2.86. The van der Waals surface area contributed by atoms with E-state index in [2.05, 4.69) is 10.2 Å². The van der Waals surface area contributed by atoms with Crippen molar-refractivity contribution in [2.45, 2.75) is 19.4 Å². The van der Waals surface area contributed by atoms with Gasteiger partial charge in [0, 0.05) is 0 Å². The number of hydrogen-bond acceptors (Lipinski definition) is 5. The molecule has 1 atom stereocenters. The van der Waals surface area contributed by atoms with Gasteiger partial charge in [-0.2, -0.15) is 0 Å². The molecule has 0 amide bonds. The normalized spacial score (nSPS) is 13.0. The number of nitrogens with two attached hydrogens (primary N) is 1. The second-order valence-electron chi connectivity index (χ2n) is 2.97. The van der Waals surface area contributed by atoms with Crippen LogP contribution in [0.15, 0.2) is 23.0 Å². The monoisotopic (exact) mass is 209 g/mol. The third-order valence-corrected chi connectivity index (χ3v) is 3.07. The van der Waals surface area contributed by atoms with Crippen LogP contribution in [-0.2, 0) is 0 Å². The van der Waals surface area contributed by atoms with Crippen LogP contribution in [0.5, 0.6) is 0 Å². The Morgan fingerprint density at radius 3 is 3.07 bits per heavy atom. The maximum atomic E-state index is 5.85. The van der Waals surface area contributed by atoms with Gasteiger partial charge in [-0.15, -0.1) is 10.2 Å². The fourth-order valence-corrected chi connectivity index (χ4v) is 1.98. The molecule has 0 bridgehead atoms. The van der Waals surface area contributed by atoms with Crippen LogP contribution < -0.4 is 5.73 Å². The van der Waals surface area contributed by atoms with E-state index in [1.54, 1.807) is 12.5 Å². The topological polar surface area (TPSA) is 64.9 Å². The Kier molecular flexibility index (Phi) is 2.60. The van der Waals surface area contributed by atoms with Crippen molar-refractivity contribution in [2.24, 2.45) is 5.73 Å². The predicted molar refractivity (Wildman–Crippen MR) is 54.8 cm³/mol. The Labute approximate surface area is 85.8 Å². The van der Waals surface area contributed by atoms with Crippen LogP contribution >= 0.6 is 11.3 Å². The number of furan rings is 1. The van der Waals surface area contributed by atoms with E-state index >= 15 is 0 Å². The zero-order valence-corrected chi connectivity index (χ0v) is 8.62. The van der Waals surface area contributed by atoms with E-state index in [-0.39, 0.29) is 6.04 Å². The lowest BCUT2D eigenvalue weighted by molar-refractivity contribution is 0.568. The first-order valence-corrected chi connectivity index (χ1v) is 5.24. The highest BCUT2D eigenvalue weighted by Gasteiger charge is 2.11. The van der Waals surface area contributed by atoms with Crippen LogP contribution in [0.2, 0.25) is 0 Å². The standard InChI is InChI=1S/C9H11N3OS/c1-2-7(10)9-12-11-8(14-9)6-3-4-13-5-6/h3-5,7H,2,10H2,1H3. The summed E-state index contributed by atoms with van der Waals surface area (Å²) in [6.07, 6.45) is 4.15. The molecule has 2 N–H and O–H groups in total. The smallest absolute Gasteiger partial charge is 0.151 e. The van der Waals surface area contributed by atoms with E-state index in [0.717, 1.165) is 22.0 Å². The second-order valence-corrected chi connectivity index (χ2v) is 3.98. The van der Waals surface area contributed by atoms with Gasteiger partial charge in [-0.05, 0) is 12.5 Å². The quantitative estimate of drug-likeness (QED) is 0.841. The molecule has 1 unspecified atom stereocenters. The van der Waals surface area contributed by atoms with E-state index in [1.165, 1.54) is 11.3 Å². The first kappa shape index (κ1) is 9.36. The minimum atomic E-state index is -0.00634. The van der Waals surface area contributed by atoms with Crippen LogP contribution in [0.1, 0.15) is 24.4 Å². The van der Waals surface area contributed by atoms with Crippen molar-refractivity contribution in [1.29, 1.82) is 0 Å². The molecule has 74 valence electrons. The molecule has 0 aliphatic carbocycles. The van der Waals surface area contributed by atoms with E-state index in [4.69, 9.17) is 10.2 Å². The number of hydrogen-bond donors (Lipinski definition) is 1. The van der Waals surface area contributed by atoms with Crippen molar-refractivity contribution in [1.82, 2.24) is 10.2 Å². The second kappa shape index (κ2) is 3.89. The molecule has 0 aromatic carbocycles. The van der Waals surface area contributed by atoms with Crippen molar-refractivity contribution in [2.75, 3.05) is 0 Å². The van der Waals surface area contributed by atoms with Gasteiger partial charge in [0.2, 0.25) is 0 Å². The molecule has 0 fully saturated rings. The average molecular weight is 209 g/mol. The van der Waals surface area contributed by atoms with Gasteiger partial charge in [0.1, 0.15) is 11.3 Å². The minimum Gasteiger partial charge on any atom is -0.472 e. The third kappa shape index (κ3) is 1.69. The fraction of sp³-hybridized carbons (Fsp3) is 0.333. The lowest BCUT2D eigenvalue weighted by Crippen LogP contribution is -2.07. The van der Waals surface area contributed by atoms with Crippen LogP contribution in [-0.4, -0.2) is 10.2 Å². The summed E-state index contributed by atoms with van der Waals surface area (Å²) >= 11 is 1.52. The molecule has 14 heavy (non-hydrogen) atoms. The zero-order chi connectivity index (χ0) is 9.97. The first-order valence-electron chi connectivity index (χ1n) is 4.42. The lowest BCUT2D eigenvalue weighted by Gasteiger charge is -2.00. The Morgan fingerprint density at radius 1 is 1.57 bits per heavy atom. The molecule has 0 aliphatic heterocycles. The molecule has 5 heteroatoms. The first-order chi connectivity index (χ1) is 6.81. The molecule has 0 spiro atoms. The predicted octanol–water partition coefficient (Wildman–Crippen LogP) is 2.21. The molecule has 2 aromatic heterocycles. The van der Waals surface area contributed by atoms with Gasteiger partial charge < -0.3 is 10.2 Å². The summed E-state index contributed by atoms with van der Waals surface area (Å²) in [6, 6.07) is 1.86. The van der Waals surface area contributed by atoms with Crippen molar-refractivity contribution in [3.05, 3.63) is 23.6 Å². The molecule has 2 heterocycles. The molecular formula is C9H11N3OS. The summed E-state index contributed by atoms with van der Waals surface area (Å²) in [6.45, 7) is 2.03. The fourth-order valence-electron chi connectivity index (χ4n) is 1.06. The maximum Gasteiger partial charge on any atom is 0.151 e. The Morgan fingerprint density at radius 2 is 2.43 bits per heavy atom. The van der Waals surface area contributed by atoms with E-state index in [1.807, 2.05) is 13.0 Å². The molecule has 0 aliphatic rings. The molecule has 2 rings (SSSR count). The lowest BCUT2D eigenvalue weighted by atomic mass is 10.3. The number of nitrogens with zero attached hydrogens (tertiary/aromatic N) is 2. The largest absolute Gasteiger partial charge is 0.472 e. The maximum absolute atomic E-state index is 5.85. The Bertz CT molecular complexity index is 396. The van der Waals surface area contributed by atoms with Crippen LogP contribution in [0.3, 0.4) is 0 Å². The molecule has 0 saturated carbocycles. The molecule has 4 nitrogen and oxygen atoms in total. The Balaban J connectivity index is 2.26. The van der Waals surface area contributed by atoms with Crippen molar-refractivity contribution in [3.8, 4) is 10.6 Å². The van der Waals surface area contributed by atoms with Crippen LogP contribution in [0.25, 0.3) is 10.6 Å². The van der Waals surface area contributed by atoms with Gasteiger partial charge in [-0.25, -0.2) is 0 Å². The third-order valence-electron chi connectivity index (χ3n) is 1.97. The molecular weight excluding hydrogens is 198 g/mol. The number of rotatable bonds is 3. The highest BCUT2D eigenvalue weighted by atomic mass is 32.1. The SMILES string of the molecule is CCC(N)c1nnc(-c2ccoc2)s1. The van der Waals surface area contributed by atoms with Gasteiger partial charge in [0.25, 0.3) is 0 Å². The summed E-state index contributed by atoms with van der Waals surface area (Å²) in [5, 5.41) is 9.84. The summed E-state index contributed by atoms with van der Waals surface area (Å²) < 4.78 is 4.97. The number of aromatic nitrogens is 2. The van der Waals surface area contributed by atoms with Gasteiger partial charge >= 0.3 is 0 Å². The Hall–Kier alpha value is -1.20. The van der Waals surface area contributed by atoms with Gasteiger partial charge in [0.15, 0.2) is 5.01 Å². The molecule has 0 radical (unpaired) electrons. The highest BCUT2D eigenvalue weighted by molar-refractivity contribution is 7.14. The van der Waals surface area contributed by atoms with Gasteiger partial charge in [-0.3, -0.25) is 0 Å².